The highest BCUT2D eigenvalue weighted by atomic mass is 19.3. The summed E-state index contributed by atoms with van der Waals surface area (Å²) >= 11 is 0. The van der Waals surface area contributed by atoms with Crippen LogP contribution in [0.3, 0.4) is 0 Å². The van der Waals surface area contributed by atoms with Crippen LogP contribution in [-0.4, -0.2) is 36.0 Å². The fourth-order valence-electron chi connectivity index (χ4n) is 2.58. The Morgan fingerprint density at radius 1 is 1.21 bits per heavy atom. The molecule has 1 atom stereocenters. The van der Waals surface area contributed by atoms with Crippen molar-refractivity contribution in [2.75, 3.05) is 0 Å². The molecule has 1 unspecified atom stereocenters. The van der Waals surface area contributed by atoms with Crippen molar-refractivity contribution in [2.24, 2.45) is 0 Å². The zero-order valence-corrected chi connectivity index (χ0v) is 14.1. The van der Waals surface area contributed by atoms with Crippen LogP contribution in [0.5, 0.6) is 5.75 Å². The van der Waals surface area contributed by atoms with E-state index in [1.807, 2.05) is 27.7 Å². The highest BCUT2D eigenvalue weighted by Gasteiger charge is 2.54. The van der Waals surface area contributed by atoms with Crippen LogP contribution in [0, 0.1) is 0 Å². The molecule has 132 valence electrons. The first-order valence-electron chi connectivity index (χ1n) is 7.64. The molecule has 0 radical (unpaired) electrons. The molecule has 1 saturated heterocycles. The number of carbonyl (C=O) groups is 1. The number of hydrogen-bond donors (Lipinski definition) is 1. The largest absolute Gasteiger partial charge is 0.481 e. The van der Waals surface area contributed by atoms with Crippen LogP contribution in [-0.2, 0) is 14.1 Å². The number of hydrogen-bond acceptors (Lipinski definition) is 4. The van der Waals surface area contributed by atoms with Gasteiger partial charge in [0.05, 0.1) is 17.6 Å². The van der Waals surface area contributed by atoms with Crippen LogP contribution in [0.25, 0.3) is 0 Å². The third-order valence-electron chi connectivity index (χ3n) is 4.53. The predicted molar refractivity (Wildman–Crippen MR) is 84.1 cm³/mol. The first-order chi connectivity index (χ1) is 11.0. The molecule has 24 heavy (non-hydrogen) atoms. The minimum atomic E-state index is -3.00. The lowest BCUT2D eigenvalue weighted by Crippen LogP contribution is -2.41. The highest BCUT2D eigenvalue weighted by Crippen LogP contribution is 2.43. The molecular formula is C16H21BF2O5. The van der Waals surface area contributed by atoms with Crippen molar-refractivity contribution < 1.29 is 32.7 Å². The molecule has 2 rings (SSSR count). The molecule has 0 bridgehead atoms. The fraction of sp³-hybridized carbons (Fsp3) is 0.562. The summed E-state index contributed by atoms with van der Waals surface area (Å²) < 4.78 is 41.7. The van der Waals surface area contributed by atoms with Gasteiger partial charge >= 0.3 is 19.7 Å². The Morgan fingerprint density at radius 3 is 2.25 bits per heavy atom. The second-order valence-electron chi connectivity index (χ2n) is 6.75. The molecule has 1 aliphatic heterocycles. The molecule has 1 N–H and O–H groups in total. The van der Waals surface area contributed by atoms with E-state index in [-0.39, 0.29) is 12.2 Å². The van der Waals surface area contributed by atoms with Gasteiger partial charge in [-0.25, -0.2) is 0 Å². The quantitative estimate of drug-likeness (QED) is 0.802. The molecule has 0 aliphatic carbocycles. The van der Waals surface area contributed by atoms with Crippen LogP contribution >= 0.6 is 0 Å². The second-order valence-corrected chi connectivity index (χ2v) is 6.75. The van der Waals surface area contributed by atoms with E-state index in [1.54, 1.807) is 18.2 Å². The molecular weight excluding hydrogens is 321 g/mol. The van der Waals surface area contributed by atoms with Crippen molar-refractivity contribution in [3.8, 4) is 5.75 Å². The van der Waals surface area contributed by atoms with Gasteiger partial charge in [-0.3, -0.25) is 4.79 Å². The number of carboxylic acid groups (broad SMARTS) is 1. The van der Waals surface area contributed by atoms with Gasteiger partial charge in [0.15, 0.2) is 0 Å². The van der Waals surface area contributed by atoms with Gasteiger partial charge in [-0.15, -0.1) is 0 Å². The molecule has 0 aromatic heterocycles. The highest BCUT2D eigenvalue weighted by molar-refractivity contribution is 6.48. The maximum Gasteiger partial charge on any atom is 0.466 e. The first kappa shape index (κ1) is 18.7. The Balaban J connectivity index is 2.39. The standard InChI is InChI=1S/C16H21BF2O5/c1-15(2)16(3,4)24-17(23-15)11(9-13(20)21)10-7-5-6-8-12(10)22-14(18)19/h5-8,11,14H,9H2,1-4H3,(H,20,21). The van der Waals surface area contributed by atoms with Gasteiger partial charge in [0.25, 0.3) is 0 Å². The second kappa shape index (κ2) is 6.68. The Hall–Kier alpha value is -1.67. The summed E-state index contributed by atoms with van der Waals surface area (Å²) in [5.41, 5.74) is -1.00. The Labute approximate surface area is 140 Å². The maximum absolute atomic E-state index is 12.6. The number of para-hydroxylation sites is 1. The van der Waals surface area contributed by atoms with E-state index >= 15 is 0 Å². The van der Waals surface area contributed by atoms with Crippen molar-refractivity contribution in [1.29, 1.82) is 0 Å². The van der Waals surface area contributed by atoms with Gasteiger partial charge in [-0.05, 0) is 39.3 Å². The third kappa shape index (κ3) is 3.87. The molecule has 1 heterocycles. The zero-order valence-electron chi connectivity index (χ0n) is 14.1. The van der Waals surface area contributed by atoms with E-state index in [4.69, 9.17) is 9.31 Å². The summed E-state index contributed by atoms with van der Waals surface area (Å²) in [6.07, 6.45) is -0.333. The predicted octanol–water partition coefficient (Wildman–Crippen LogP) is 3.48. The number of ether oxygens (including phenoxy) is 1. The summed E-state index contributed by atoms with van der Waals surface area (Å²) in [5, 5.41) is 9.24. The Bertz CT molecular complexity index is 590. The topological polar surface area (TPSA) is 65.0 Å². The molecule has 0 amide bonds. The fourth-order valence-corrected chi connectivity index (χ4v) is 2.58. The molecule has 1 aromatic rings. The zero-order chi connectivity index (χ0) is 18.1. The van der Waals surface area contributed by atoms with Crippen LogP contribution < -0.4 is 4.74 Å². The summed E-state index contributed by atoms with van der Waals surface area (Å²) in [6.45, 7) is 4.35. The van der Waals surface area contributed by atoms with Crippen molar-refractivity contribution in [3.63, 3.8) is 0 Å². The molecule has 0 saturated carbocycles. The average molecular weight is 342 g/mol. The number of benzene rings is 1. The SMILES string of the molecule is CC1(C)OB(C(CC(=O)O)c2ccccc2OC(F)F)OC1(C)C. The molecule has 1 aliphatic rings. The lowest BCUT2D eigenvalue weighted by Gasteiger charge is -2.32. The summed E-state index contributed by atoms with van der Waals surface area (Å²) in [5.74, 6) is -1.94. The van der Waals surface area contributed by atoms with Crippen LogP contribution in [0.1, 0.15) is 45.5 Å². The minimum absolute atomic E-state index is 0.0755. The van der Waals surface area contributed by atoms with E-state index in [1.165, 1.54) is 6.07 Å². The molecule has 1 fully saturated rings. The molecule has 1 aromatic carbocycles. The Kier molecular flexibility index (Phi) is 5.20. The Morgan fingerprint density at radius 2 is 1.75 bits per heavy atom. The van der Waals surface area contributed by atoms with E-state index in [0.717, 1.165) is 0 Å². The monoisotopic (exact) mass is 342 g/mol. The van der Waals surface area contributed by atoms with E-state index in [9.17, 15) is 18.7 Å². The molecule has 5 nitrogen and oxygen atoms in total. The molecule has 0 spiro atoms. The van der Waals surface area contributed by atoms with Crippen LogP contribution in [0.15, 0.2) is 24.3 Å². The van der Waals surface area contributed by atoms with Gasteiger partial charge in [0.2, 0.25) is 0 Å². The number of rotatable bonds is 6. The molecule has 8 heteroatoms. The normalized spacial score (nSPS) is 20.2. The van der Waals surface area contributed by atoms with Crippen molar-refractivity contribution >= 4 is 13.1 Å². The van der Waals surface area contributed by atoms with Crippen LogP contribution in [0.4, 0.5) is 8.78 Å². The summed E-state index contributed by atoms with van der Waals surface area (Å²) in [6, 6.07) is 6.11. The van der Waals surface area contributed by atoms with Gasteiger partial charge in [-0.2, -0.15) is 8.78 Å². The number of alkyl halides is 2. The first-order valence-corrected chi connectivity index (χ1v) is 7.64. The number of carboxylic acids is 1. The van der Waals surface area contributed by atoms with Crippen molar-refractivity contribution in [3.05, 3.63) is 29.8 Å². The van der Waals surface area contributed by atoms with E-state index in [2.05, 4.69) is 4.74 Å². The van der Waals surface area contributed by atoms with E-state index < -0.39 is 36.7 Å². The van der Waals surface area contributed by atoms with Gasteiger partial charge in [-0.1, -0.05) is 18.2 Å². The van der Waals surface area contributed by atoms with Gasteiger partial charge in [0, 0.05) is 5.82 Å². The third-order valence-corrected chi connectivity index (χ3v) is 4.53. The summed E-state index contributed by atoms with van der Waals surface area (Å²) in [7, 11) is -0.881. The lowest BCUT2D eigenvalue weighted by molar-refractivity contribution is -0.137. The maximum atomic E-state index is 12.6. The van der Waals surface area contributed by atoms with Gasteiger partial charge in [0.1, 0.15) is 5.75 Å². The lowest BCUT2D eigenvalue weighted by atomic mass is 9.66. The number of aliphatic carboxylic acids is 1. The van der Waals surface area contributed by atoms with Crippen molar-refractivity contribution in [2.45, 2.75) is 57.7 Å². The van der Waals surface area contributed by atoms with Gasteiger partial charge < -0.3 is 19.2 Å². The van der Waals surface area contributed by atoms with Crippen LogP contribution in [0.2, 0.25) is 0 Å². The number of halogens is 2. The smallest absolute Gasteiger partial charge is 0.466 e. The van der Waals surface area contributed by atoms with Crippen molar-refractivity contribution in [1.82, 2.24) is 0 Å². The average Bonchev–Trinajstić information content (AvgIpc) is 2.64. The van der Waals surface area contributed by atoms with E-state index in [0.29, 0.717) is 5.56 Å². The minimum Gasteiger partial charge on any atom is -0.481 e. The summed E-state index contributed by atoms with van der Waals surface area (Å²) in [4.78, 5) is 11.3.